The molecule has 4 aromatic heterocycles. The molecule has 5 aromatic carbocycles. The number of pyridine rings is 2. The fourth-order valence-corrected chi connectivity index (χ4v) is 7.39. The number of nitrogens with zero attached hydrogens (tertiary/aromatic N) is 2. The summed E-state index contributed by atoms with van der Waals surface area (Å²) in [7, 11) is 0. The normalized spacial score (nSPS) is 12.0. The van der Waals surface area contributed by atoms with Gasteiger partial charge < -0.3 is 4.42 Å². The van der Waals surface area contributed by atoms with Gasteiger partial charge in [0.15, 0.2) is 0 Å². The van der Waals surface area contributed by atoms with Gasteiger partial charge in [-0.15, -0.1) is 11.3 Å². The van der Waals surface area contributed by atoms with Gasteiger partial charge >= 0.3 is 0 Å². The van der Waals surface area contributed by atoms with Crippen LogP contribution < -0.4 is 0 Å². The van der Waals surface area contributed by atoms with Crippen molar-refractivity contribution in [3.8, 4) is 22.3 Å². The van der Waals surface area contributed by atoms with Crippen LogP contribution in [0.5, 0.6) is 0 Å². The van der Waals surface area contributed by atoms with Gasteiger partial charge in [0.25, 0.3) is 0 Å². The van der Waals surface area contributed by atoms with E-state index in [4.69, 9.17) is 9.40 Å². The first-order valence-corrected chi connectivity index (χ1v) is 14.1. The van der Waals surface area contributed by atoms with Crippen LogP contribution in [0.15, 0.2) is 126 Å². The third-order valence-electron chi connectivity index (χ3n) is 7.98. The number of thiophene rings is 1. The Morgan fingerprint density at radius 1 is 0.575 bits per heavy atom. The Hall–Kier alpha value is -5.06. The minimum atomic E-state index is 0.885. The molecule has 9 aromatic rings. The fourth-order valence-electron chi connectivity index (χ4n) is 6.16. The van der Waals surface area contributed by atoms with Crippen molar-refractivity contribution in [2.45, 2.75) is 0 Å². The molecule has 0 saturated carbocycles. The van der Waals surface area contributed by atoms with Crippen LogP contribution in [0.2, 0.25) is 0 Å². The topological polar surface area (TPSA) is 38.9 Å². The standard InChI is InChI=1S/C36H20N2OS/c1-2-12-32-24(7-1)27-10-4-11-28(36(27)40-32)25-8-3-9-26-29-20-22(14-16-31(29)39-35(25)26)23-17-19-37-30-15-13-21-6-5-18-38-34(21)33(23)30/h1-20H. The molecule has 0 radical (unpaired) electrons. The maximum Gasteiger partial charge on any atom is 0.143 e. The Balaban J connectivity index is 1.29. The minimum absolute atomic E-state index is 0.885. The number of aromatic nitrogens is 2. The third kappa shape index (κ3) is 3.05. The molecule has 0 unspecified atom stereocenters. The predicted octanol–water partition coefficient (Wildman–Crippen LogP) is 10.4. The molecule has 9 rings (SSSR count). The van der Waals surface area contributed by atoms with Crippen molar-refractivity contribution in [3.63, 3.8) is 0 Å². The van der Waals surface area contributed by atoms with Crippen molar-refractivity contribution in [2.24, 2.45) is 0 Å². The van der Waals surface area contributed by atoms with Crippen molar-refractivity contribution in [1.29, 1.82) is 0 Å². The number of rotatable bonds is 2. The Morgan fingerprint density at radius 2 is 1.45 bits per heavy atom. The summed E-state index contributed by atoms with van der Waals surface area (Å²) in [4.78, 5) is 9.37. The zero-order valence-corrected chi connectivity index (χ0v) is 22.1. The highest BCUT2D eigenvalue weighted by molar-refractivity contribution is 7.26. The lowest BCUT2D eigenvalue weighted by Gasteiger charge is -2.09. The third-order valence-corrected chi connectivity index (χ3v) is 9.20. The number of furan rings is 1. The molecular weight excluding hydrogens is 508 g/mol. The summed E-state index contributed by atoms with van der Waals surface area (Å²) >= 11 is 1.85. The molecular formula is C36H20N2OS. The SMILES string of the molecule is c1cnc2c(c1)ccc1nccc(-c3ccc4oc5c(-c6cccc7c6sc6ccccc67)cccc5c4c3)c12. The predicted molar refractivity (Wildman–Crippen MR) is 168 cm³/mol. The van der Waals surface area contributed by atoms with Crippen LogP contribution in [0, 0.1) is 0 Å². The van der Waals surface area contributed by atoms with Crippen molar-refractivity contribution < 1.29 is 4.42 Å². The lowest BCUT2D eigenvalue weighted by atomic mass is 9.97. The maximum atomic E-state index is 6.59. The summed E-state index contributed by atoms with van der Waals surface area (Å²) < 4.78 is 9.18. The molecule has 0 atom stereocenters. The van der Waals surface area contributed by atoms with Crippen molar-refractivity contribution in [2.75, 3.05) is 0 Å². The quantitative estimate of drug-likeness (QED) is 0.210. The first-order valence-electron chi connectivity index (χ1n) is 13.3. The van der Waals surface area contributed by atoms with Crippen LogP contribution in [0.3, 0.4) is 0 Å². The first-order chi connectivity index (χ1) is 19.8. The number of benzene rings is 5. The molecule has 40 heavy (non-hydrogen) atoms. The highest BCUT2D eigenvalue weighted by atomic mass is 32.1. The smallest absolute Gasteiger partial charge is 0.143 e. The van der Waals surface area contributed by atoms with E-state index in [9.17, 15) is 0 Å². The monoisotopic (exact) mass is 528 g/mol. The number of hydrogen-bond acceptors (Lipinski definition) is 4. The van der Waals surface area contributed by atoms with Crippen LogP contribution in [-0.2, 0) is 0 Å². The minimum Gasteiger partial charge on any atom is -0.455 e. The van der Waals surface area contributed by atoms with E-state index in [0.29, 0.717) is 0 Å². The van der Waals surface area contributed by atoms with E-state index in [2.05, 4.69) is 108 Å². The molecule has 0 bridgehead atoms. The van der Waals surface area contributed by atoms with E-state index < -0.39 is 0 Å². The molecule has 4 heterocycles. The average Bonchev–Trinajstić information content (AvgIpc) is 3.59. The summed E-state index contributed by atoms with van der Waals surface area (Å²) in [6.45, 7) is 0. The second-order valence-corrected chi connectivity index (χ2v) is 11.2. The van der Waals surface area contributed by atoms with Crippen molar-refractivity contribution in [1.82, 2.24) is 9.97 Å². The van der Waals surface area contributed by atoms with Crippen molar-refractivity contribution in [3.05, 3.63) is 122 Å². The molecule has 0 amide bonds. The van der Waals surface area contributed by atoms with E-state index >= 15 is 0 Å². The number of para-hydroxylation sites is 1. The van der Waals surface area contributed by atoms with Crippen LogP contribution in [0.4, 0.5) is 0 Å². The lowest BCUT2D eigenvalue weighted by Crippen LogP contribution is -1.88. The summed E-state index contributed by atoms with van der Waals surface area (Å²) in [5, 5.41) is 7.00. The van der Waals surface area contributed by atoms with Gasteiger partial charge in [-0.3, -0.25) is 9.97 Å². The van der Waals surface area contributed by atoms with Gasteiger partial charge in [-0.2, -0.15) is 0 Å². The molecule has 0 aliphatic heterocycles. The lowest BCUT2D eigenvalue weighted by molar-refractivity contribution is 0.670. The van der Waals surface area contributed by atoms with E-state index in [0.717, 1.165) is 60.4 Å². The number of fused-ring (bicyclic) bond motifs is 9. The van der Waals surface area contributed by atoms with Gasteiger partial charge in [-0.1, -0.05) is 72.8 Å². The molecule has 0 saturated heterocycles. The average molecular weight is 529 g/mol. The molecule has 0 N–H and O–H groups in total. The Bertz CT molecular complexity index is 2450. The van der Waals surface area contributed by atoms with Crippen LogP contribution in [0.25, 0.3) is 86.2 Å². The van der Waals surface area contributed by atoms with E-state index in [1.165, 1.54) is 25.7 Å². The molecule has 0 fully saturated rings. The highest BCUT2D eigenvalue weighted by Gasteiger charge is 2.17. The molecule has 3 nitrogen and oxygen atoms in total. The Labute approximate surface area is 233 Å². The Kier molecular flexibility index (Phi) is 4.48. The first kappa shape index (κ1) is 21.8. The fraction of sp³-hybridized carbons (Fsp3) is 0. The van der Waals surface area contributed by atoms with Gasteiger partial charge in [0.05, 0.1) is 11.0 Å². The summed E-state index contributed by atoms with van der Waals surface area (Å²) in [6.07, 6.45) is 3.73. The molecule has 0 aliphatic rings. The van der Waals surface area contributed by atoms with Gasteiger partial charge in [-0.05, 0) is 47.5 Å². The zero-order chi connectivity index (χ0) is 26.2. The van der Waals surface area contributed by atoms with Gasteiger partial charge in [0.1, 0.15) is 11.2 Å². The van der Waals surface area contributed by atoms with Gasteiger partial charge in [0, 0.05) is 65.2 Å². The number of hydrogen-bond donors (Lipinski definition) is 0. The molecule has 186 valence electrons. The molecule has 4 heteroatoms. The van der Waals surface area contributed by atoms with Crippen molar-refractivity contribution >= 4 is 75.3 Å². The summed E-state index contributed by atoms with van der Waals surface area (Å²) in [5.74, 6) is 0. The highest BCUT2D eigenvalue weighted by Crippen LogP contribution is 2.44. The second-order valence-electron chi connectivity index (χ2n) is 10.2. The van der Waals surface area contributed by atoms with Crippen LogP contribution in [-0.4, -0.2) is 9.97 Å². The van der Waals surface area contributed by atoms with Crippen LogP contribution in [0.1, 0.15) is 0 Å². The molecule has 0 aliphatic carbocycles. The summed E-state index contributed by atoms with van der Waals surface area (Å²) in [5.41, 5.74) is 8.30. The van der Waals surface area contributed by atoms with E-state index in [1.54, 1.807) is 0 Å². The maximum absolute atomic E-state index is 6.59. The van der Waals surface area contributed by atoms with E-state index in [-0.39, 0.29) is 0 Å². The Morgan fingerprint density at radius 3 is 2.42 bits per heavy atom. The molecule has 0 spiro atoms. The van der Waals surface area contributed by atoms with Gasteiger partial charge in [-0.25, -0.2) is 0 Å². The van der Waals surface area contributed by atoms with Crippen LogP contribution >= 0.6 is 11.3 Å². The summed E-state index contributed by atoms with van der Waals surface area (Å²) in [6, 6.07) is 38.6. The largest absolute Gasteiger partial charge is 0.455 e. The van der Waals surface area contributed by atoms with E-state index in [1.807, 2.05) is 29.8 Å². The van der Waals surface area contributed by atoms with Gasteiger partial charge in [0.2, 0.25) is 0 Å². The zero-order valence-electron chi connectivity index (χ0n) is 21.3. The second kappa shape index (κ2) is 8.22.